The van der Waals surface area contributed by atoms with Crippen LogP contribution in [0.3, 0.4) is 0 Å². The first-order chi connectivity index (χ1) is 7.26. The van der Waals surface area contributed by atoms with Crippen LogP contribution in [0.1, 0.15) is 31.4 Å². The van der Waals surface area contributed by atoms with Gasteiger partial charge in [-0.2, -0.15) is 0 Å². The Labute approximate surface area is 92.9 Å². The summed E-state index contributed by atoms with van der Waals surface area (Å²) < 4.78 is 0. The van der Waals surface area contributed by atoms with Crippen molar-refractivity contribution < 1.29 is 0 Å². The van der Waals surface area contributed by atoms with E-state index in [1.54, 1.807) is 0 Å². The molecule has 1 aromatic carbocycles. The van der Waals surface area contributed by atoms with Gasteiger partial charge in [0.05, 0.1) is 0 Å². The van der Waals surface area contributed by atoms with Crippen molar-refractivity contribution in [1.82, 2.24) is 5.32 Å². The first-order valence-electron chi connectivity index (χ1n) is 5.74. The summed E-state index contributed by atoms with van der Waals surface area (Å²) in [6, 6.07) is 8.45. The Balaban J connectivity index is 2.37. The molecule has 1 rings (SSSR count). The standard InChI is InChI=1S/C13H22N2/c1-3-11(2)9-15-10-13-6-4-5-12(7-13)8-14/h4-7,11,15H,3,8-10,14H2,1-2H3. The highest BCUT2D eigenvalue weighted by Gasteiger charge is 1.98. The zero-order valence-electron chi connectivity index (χ0n) is 9.79. The lowest BCUT2D eigenvalue weighted by atomic mass is 10.1. The molecule has 0 aliphatic carbocycles. The van der Waals surface area contributed by atoms with Crippen molar-refractivity contribution in [2.45, 2.75) is 33.4 Å². The number of hydrogen-bond donors (Lipinski definition) is 2. The molecule has 0 spiro atoms. The van der Waals surface area contributed by atoms with Crippen LogP contribution < -0.4 is 11.1 Å². The summed E-state index contributed by atoms with van der Waals surface area (Å²) in [5.74, 6) is 0.752. The van der Waals surface area contributed by atoms with E-state index in [2.05, 4.69) is 43.4 Å². The van der Waals surface area contributed by atoms with Gasteiger partial charge in [-0.3, -0.25) is 0 Å². The molecule has 2 heteroatoms. The summed E-state index contributed by atoms with van der Waals surface area (Å²) in [7, 11) is 0. The molecule has 0 aliphatic rings. The van der Waals surface area contributed by atoms with E-state index in [9.17, 15) is 0 Å². The molecule has 0 heterocycles. The summed E-state index contributed by atoms with van der Waals surface area (Å²) in [6.07, 6.45) is 1.23. The van der Waals surface area contributed by atoms with Crippen LogP contribution in [0.4, 0.5) is 0 Å². The van der Waals surface area contributed by atoms with Crippen LogP contribution in [0, 0.1) is 5.92 Å². The number of nitrogens with two attached hydrogens (primary N) is 1. The Morgan fingerprint density at radius 2 is 2.07 bits per heavy atom. The van der Waals surface area contributed by atoms with Gasteiger partial charge in [0, 0.05) is 13.1 Å². The average molecular weight is 206 g/mol. The van der Waals surface area contributed by atoms with E-state index < -0.39 is 0 Å². The minimum Gasteiger partial charge on any atom is -0.326 e. The van der Waals surface area contributed by atoms with E-state index >= 15 is 0 Å². The van der Waals surface area contributed by atoms with Gasteiger partial charge in [-0.05, 0) is 23.6 Å². The lowest BCUT2D eigenvalue weighted by Gasteiger charge is -2.10. The largest absolute Gasteiger partial charge is 0.326 e. The third-order valence-electron chi connectivity index (χ3n) is 2.75. The SMILES string of the molecule is CCC(C)CNCc1cccc(CN)c1. The average Bonchev–Trinajstić information content (AvgIpc) is 2.29. The molecule has 0 radical (unpaired) electrons. The van der Waals surface area contributed by atoms with Crippen molar-refractivity contribution in [2.24, 2.45) is 11.7 Å². The molecule has 15 heavy (non-hydrogen) atoms. The molecular formula is C13H22N2. The van der Waals surface area contributed by atoms with Gasteiger partial charge >= 0.3 is 0 Å². The van der Waals surface area contributed by atoms with Crippen LogP contribution >= 0.6 is 0 Å². The summed E-state index contributed by atoms with van der Waals surface area (Å²) in [5.41, 5.74) is 8.12. The Morgan fingerprint density at radius 3 is 2.73 bits per heavy atom. The highest BCUT2D eigenvalue weighted by atomic mass is 14.8. The Kier molecular flexibility index (Phi) is 5.37. The van der Waals surface area contributed by atoms with Gasteiger partial charge in [0.25, 0.3) is 0 Å². The number of rotatable bonds is 6. The summed E-state index contributed by atoms with van der Waals surface area (Å²) >= 11 is 0. The molecule has 1 aromatic rings. The van der Waals surface area contributed by atoms with E-state index in [0.717, 1.165) is 19.0 Å². The molecule has 3 N–H and O–H groups in total. The monoisotopic (exact) mass is 206 g/mol. The van der Waals surface area contributed by atoms with Crippen LogP contribution in [0.25, 0.3) is 0 Å². The van der Waals surface area contributed by atoms with E-state index in [4.69, 9.17) is 5.73 Å². The fraction of sp³-hybridized carbons (Fsp3) is 0.538. The predicted molar refractivity (Wildman–Crippen MR) is 65.5 cm³/mol. The zero-order chi connectivity index (χ0) is 11.1. The topological polar surface area (TPSA) is 38.0 Å². The maximum Gasteiger partial charge on any atom is 0.0205 e. The van der Waals surface area contributed by atoms with Gasteiger partial charge in [-0.15, -0.1) is 0 Å². The van der Waals surface area contributed by atoms with Crippen molar-refractivity contribution in [2.75, 3.05) is 6.54 Å². The third-order valence-corrected chi connectivity index (χ3v) is 2.75. The molecule has 0 aromatic heterocycles. The molecule has 0 bridgehead atoms. The highest BCUT2D eigenvalue weighted by molar-refractivity contribution is 5.23. The Hall–Kier alpha value is -0.860. The number of hydrogen-bond acceptors (Lipinski definition) is 2. The lowest BCUT2D eigenvalue weighted by molar-refractivity contribution is 0.500. The normalized spacial score (nSPS) is 12.7. The lowest BCUT2D eigenvalue weighted by Crippen LogP contribution is -2.20. The predicted octanol–water partition coefficient (Wildman–Crippen LogP) is 2.28. The first-order valence-corrected chi connectivity index (χ1v) is 5.74. The first kappa shape index (κ1) is 12.2. The summed E-state index contributed by atoms with van der Waals surface area (Å²) in [4.78, 5) is 0. The molecule has 0 fully saturated rings. The van der Waals surface area contributed by atoms with Gasteiger partial charge in [0.1, 0.15) is 0 Å². The van der Waals surface area contributed by atoms with E-state index in [1.807, 2.05) is 0 Å². The molecule has 0 aliphatic heterocycles. The van der Waals surface area contributed by atoms with Crippen LogP contribution in [-0.4, -0.2) is 6.54 Å². The molecule has 1 unspecified atom stereocenters. The maximum absolute atomic E-state index is 5.60. The third kappa shape index (κ3) is 4.45. The Morgan fingerprint density at radius 1 is 1.33 bits per heavy atom. The van der Waals surface area contributed by atoms with Gasteiger partial charge in [0.15, 0.2) is 0 Å². The maximum atomic E-state index is 5.60. The second-order valence-corrected chi connectivity index (χ2v) is 4.17. The Bertz CT molecular complexity index is 284. The van der Waals surface area contributed by atoms with Gasteiger partial charge < -0.3 is 11.1 Å². The van der Waals surface area contributed by atoms with Gasteiger partial charge in [-0.1, -0.05) is 44.5 Å². The van der Waals surface area contributed by atoms with Crippen molar-refractivity contribution in [3.05, 3.63) is 35.4 Å². The molecule has 84 valence electrons. The molecule has 0 amide bonds. The number of benzene rings is 1. The molecule has 0 saturated heterocycles. The van der Waals surface area contributed by atoms with Gasteiger partial charge in [0.2, 0.25) is 0 Å². The van der Waals surface area contributed by atoms with Gasteiger partial charge in [-0.25, -0.2) is 0 Å². The fourth-order valence-corrected chi connectivity index (χ4v) is 1.47. The highest BCUT2D eigenvalue weighted by Crippen LogP contribution is 2.05. The van der Waals surface area contributed by atoms with Crippen LogP contribution in [0.2, 0.25) is 0 Å². The number of nitrogens with one attached hydrogen (secondary N) is 1. The zero-order valence-corrected chi connectivity index (χ0v) is 9.79. The molecule has 0 saturated carbocycles. The van der Waals surface area contributed by atoms with Crippen molar-refractivity contribution >= 4 is 0 Å². The van der Waals surface area contributed by atoms with E-state index in [1.165, 1.54) is 17.5 Å². The summed E-state index contributed by atoms with van der Waals surface area (Å²) in [6.45, 7) is 7.14. The summed E-state index contributed by atoms with van der Waals surface area (Å²) in [5, 5.41) is 3.46. The second-order valence-electron chi connectivity index (χ2n) is 4.17. The van der Waals surface area contributed by atoms with Crippen molar-refractivity contribution in [3.63, 3.8) is 0 Å². The quantitative estimate of drug-likeness (QED) is 0.749. The van der Waals surface area contributed by atoms with Crippen LogP contribution in [0.5, 0.6) is 0 Å². The minimum absolute atomic E-state index is 0.624. The van der Waals surface area contributed by atoms with Crippen LogP contribution in [-0.2, 0) is 13.1 Å². The molecule has 1 atom stereocenters. The molecular weight excluding hydrogens is 184 g/mol. The smallest absolute Gasteiger partial charge is 0.0205 e. The van der Waals surface area contributed by atoms with E-state index in [0.29, 0.717) is 6.54 Å². The second kappa shape index (κ2) is 6.59. The molecule has 2 nitrogen and oxygen atoms in total. The van der Waals surface area contributed by atoms with Crippen LogP contribution in [0.15, 0.2) is 24.3 Å². The fourth-order valence-electron chi connectivity index (χ4n) is 1.47. The van der Waals surface area contributed by atoms with Crippen molar-refractivity contribution in [3.8, 4) is 0 Å². The minimum atomic E-state index is 0.624. The van der Waals surface area contributed by atoms with E-state index in [-0.39, 0.29) is 0 Å². The van der Waals surface area contributed by atoms with Crippen molar-refractivity contribution in [1.29, 1.82) is 0 Å².